The lowest BCUT2D eigenvalue weighted by molar-refractivity contribution is 0.0877. The van der Waals surface area contributed by atoms with Gasteiger partial charge in [-0.3, -0.25) is 19.2 Å². The lowest BCUT2D eigenvalue weighted by Crippen LogP contribution is -2.42. The van der Waals surface area contributed by atoms with Gasteiger partial charge in [-0.25, -0.2) is 9.80 Å². The summed E-state index contributed by atoms with van der Waals surface area (Å²) in [6.45, 7) is 29.5. The molecule has 2 heterocycles. The molecule has 0 atom stereocenters. The number of rotatable bonds is 8. The van der Waals surface area contributed by atoms with Gasteiger partial charge < -0.3 is 0 Å². The number of nitrogens with zero attached hydrogens (tertiary/aromatic N) is 2. The highest BCUT2D eigenvalue weighted by atomic mass is 16.2. The third-order valence-electron chi connectivity index (χ3n) is 24.2. The van der Waals surface area contributed by atoms with Crippen molar-refractivity contribution in [3.05, 3.63) is 261 Å². The SMILES string of the molecule is C=C(C)c1cc(C(C)C)c(N2C(=O)c3ccc4c5ccc6c7c(ccc(c8ccc(c3c48)C2=O)c75)-c2cc3cc4c(cc3cc2-6)C=Cc2cc3cc5c(cc3cc2C=C4)-c2ccc3c4ccc6c7c(ccc(c8ccc-5c2c83)c74)C(=O)N(c2c(C(C)C)cc(C(=C)C)cc2C(C)C)C6=O)c(C(C)C)c1. The van der Waals surface area contributed by atoms with Gasteiger partial charge in [0.25, 0.3) is 23.6 Å². The molecule has 104 heavy (non-hydrogen) atoms. The minimum Gasteiger partial charge on any atom is -0.268 e. The van der Waals surface area contributed by atoms with Crippen LogP contribution in [0.5, 0.6) is 0 Å². The van der Waals surface area contributed by atoms with Crippen LogP contribution in [0.15, 0.2) is 183 Å². The standard InChI is InChI=1S/C98H70N2O4/c1-45(2)55-37-77(47(5)6)93(78(38-55)48(7)8)99-95(101)73-29-25-65-61-17-21-69-81-41-57-33-51-13-15-53-35-59-43-83-71-23-19-63-67-27-31-75-92-76(98(104)100(97(75)103)94-79(49(9)10)39-56(46(3)4)40-80(94)50(11)12)32-28-68(88(67)92)64-20-24-72(90(71)86(63)64)84(83)44-60(59)36-54(53)16-14-52(51)34-58(57)42-82(81)70-22-18-62(85(61)89(69)70)66-26-30-74(96(99)102)91(73)87(65)66/h13-44,47-50H,1,3H2,2,4-12H3. The molecule has 0 saturated carbocycles. The fourth-order valence-electron chi connectivity index (χ4n) is 19.2. The van der Waals surface area contributed by atoms with Crippen molar-refractivity contribution in [2.24, 2.45) is 0 Å². The molecule has 0 radical (unpaired) electrons. The summed E-state index contributed by atoms with van der Waals surface area (Å²) in [5, 5.41) is 21.6. The van der Waals surface area contributed by atoms with Crippen LogP contribution in [0.25, 0.3) is 188 Å². The van der Waals surface area contributed by atoms with Crippen molar-refractivity contribution in [3.8, 4) is 44.5 Å². The molecule has 3 aliphatic carbocycles. The quantitative estimate of drug-likeness (QED) is 0.0863. The second-order valence-corrected chi connectivity index (χ2v) is 31.5. The van der Waals surface area contributed by atoms with Gasteiger partial charge in [0.2, 0.25) is 0 Å². The summed E-state index contributed by atoms with van der Waals surface area (Å²) in [6, 6.07) is 61.9. The van der Waals surface area contributed by atoms with E-state index in [1.165, 1.54) is 97.4 Å². The zero-order valence-corrected chi connectivity index (χ0v) is 59.7. The Balaban J connectivity index is 0.625. The van der Waals surface area contributed by atoms with Crippen LogP contribution in [0.3, 0.4) is 0 Å². The molecule has 16 aromatic carbocycles. The molecule has 0 unspecified atom stereocenters. The van der Waals surface area contributed by atoms with E-state index in [0.29, 0.717) is 33.6 Å². The van der Waals surface area contributed by atoms with Gasteiger partial charge in [0, 0.05) is 33.0 Å². The average molecular weight is 1340 g/mol. The third kappa shape index (κ3) is 7.79. The van der Waals surface area contributed by atoms with Crippen LogP contribution in [0.2, 0.25) is 0 Å². The predicted molar refractivity (Wildman–Crippen MR) is 438 cm³/mol. The smallest absolute Gasteiger partial charge is 0.266 e. The van der Waals surface area contributed by atoms with E-state index in [-0.39, 0.29) is 47.3 Å². The summed E-state index contributed by atoms with van der Waals surface area (Å²) in [4.78, 5) is 63.7. The Morgan fingerprint density at radius 3 is 0.663 bits per heavy atom. The Labute approximate surface area is 601 Å². The summed E-state index contributed by atoms with van der Waals surface area (Å²) in [5.41, 5.74) is 25.7. The fourth-order valence-corrected chi connectivity index (χ4v) is 19.2. The topological polar surface area (TPSA) is 74.8 Å². The fraction of sp³-hybridized carbons (Fsp3) is 0.143. The Morgan fingerprint density at radius 1 is 0.260 bits per heavy atom. The molecule has 2 aliphatic heterocycles. The van der Waals surface area contributed by atoms with Crippen molar-refractivity contribution in [2.75, 3.05) is 9.80 Å². The largest absolute Gasteiger partial charge is 0.268 e. The molecule has 0 bridgehead atoms. The van der Waals surface area contributed by atoms with Gasteiger partial charge in [0.05, 0.1) is 11.4 Å². The van der Waals surface area contributed by atoms with Crippen LogP contribution < -0.4 is 9.80 Å². The van der Waals surface area contributed by atoms with Crippen LogP contribution >= 0.6 is 0 Å². The predicted octanol–water partition coefficient (Wildman–Crippen LogP) is 26.2. The molecule has 16 aromatic rings. The number of carbonyl (C=O) groups is 4. The molecule has 0 saturated heterocycles. The number of hydrogen-bond donors (Lipinski definition) is 0. The first-order valence-electron chi connectivity index (χ1n) is 36.7. The summed E-state index contributed by atoms with van der Waals surface area (Å²) in [7, 11) is 0. The highest BCUT2D eigenvalue weighted by Crippen LogP contribution is 2.58. The van der Waals surface area contributed by atoms with E-state index in [1.807, 2.05) is 38.1 Å². The van der Waals surface area contributed by atoms with Gasteiger partial charge in [-0.15, -0.1) is 0 Å². The molecule has 6 heteroatoms. The third-order valence-corrected chi connectivity index (χ3v) is 24.2. The molecule has 0 fully saturated rings. The van der Waals surface area contributed by atoms with Gasteiger partial charge in [0.15, 0.2) is 0 Å². The molecule has 0 spiro atoms. The molecule has 5 aliphatic rings. The lowest BCUT2D eigenvalue weighted by Gasteiger charge is -2.33. The molecule has 21 rings (SSSR count). The Hall–Kier alpha value is -12.1. The summed E-state index contributed by atoms with van der Waals surface area (Å²) < 4.78 is 0. The molecular formula is C98H70N2O4. The Bertz CT molecular complexity index is 6210. The zero-order valence-electron chi connectivity index (χ0n) is 59.7. The van der Waals surface area contributed by atoms with Gasteiger partial charge >= 0.3 is 0 Å². The number of carbonyl (C=O) groups excluding carboxylic acids is 4. The van der Waals surface area contributed by atoms with Gasteiger partial charge in [0.1, 0.15) is 0 Å². The normalized spacial score (nSPS) is 14.2. The first kappa shape index (κ1) is 60.6. The molecule has 4 amide bonds. The summed E-state index contributed by atoms with van der Waals surface area (Å²) >= 11 is 0. The first-order valence-corrected chi connectivity index (χ1v) is 36.7. The number of allylic oxidation sites excluding steroid dienone is 2. The van der Waals surface area contributed by atoms with Crippen molar-refractivity contribution in [1.29, 1.82) is 0 Å². The van der Waals surface area contributed by atoms with Crippen molar-refractivity contribution < 1.29 is 19.2 Å². The Morgan fingerprint density at radius 2 is 0.462 bits per heavy atom. The number of imide groups is 2. The van der Waals surface area contributed by atoms with Crippen LogP contribution in [-0.2, 0) is 0 Å². The van der Waals surface area contributed by atoms with Crippen LogP contribution in [0, 0.1) is 0 Å². The number of anilines is 2. The van der Waals surface area contributed by atoms with Crippen molar-refractivity contribution in [2.45, 2.75) is 92.9 Å². The van der Waals surface area contributed by atoms with E-state index in [1.54, 1.807) is 0 Å². The maximum absolute atomic E-state index is 15.2. The van der Waals surface area contributed by atoms with Gasteiger partial charge in [-0.2, -0.15) is 0 Å². The van der Waals surface area contributed by atoms with E-state index in [0.717, 1.165) is 131 Å². The highest BCUT2D eigenvalue weighted by Gasteiger charge is 2.42. The molecule has 6 nitrogen and oxygen atoms in total. The lowest BCUT2D eigenvalue weighted by atomic mass is 9.83. The molecule has 496 valence electrons. The van der Waals surface area contributed by atoms with Crippen molar-refractivity contribution >= 4 is 178 Å². The van der Waals surface area contributed by atoms with E-state index < -0.39 is 0 Å². The van der Waals surface area contributed by atoms with Crippen LogP contribution in [-0.4, -0.2) is 23.6 Å². The first-order chi connectivity index (χ1) is 50.2. The van der Waals surface area contributed by atoms with E-state index in [9.17, 15) is 0 Å². The Kier molecular flexibility index (Phi) is 12.1. The minimum atomic E-state index is -0.288. The van der Waals surface area contributed by atoms with Crippen LogP contribution in [0.4, 0.5) is 11.4 Å². The number of benzene rings is 16. The molecule has 0 aromatic heterocycles. The monoisotopic (exact) mass is 1340 g/mol. The average Bonchev–Trinajstić information content (AvgIpc) is 1.21. The van der Waals surface area contributed by atoms with E-state index >= 15 is 19.2 Å². The summed E-state index contributed by atoms with van der Waals surface area (Å²) in [5.74, 6) is -0.930. The summed E-state index contributed by atoms with van der Waals surface area (Å²) in [6.07, 6.45) is 9.13. The minimum absolute atomic E-state index is 0.0551. The van der Waals surface area contributed by atoms with Crippen LogP contribution in [0.1, 0.15) is 190 Å². The van der Waals surface area contributed by atoms with E-state index in [2.05, 4.69) is 238 Å². The van der Waals surface area contributed by atoms with Crippen molar-refractivity contribution in [1.82, 2.24) is 0 Å². The second-order valence-electron chi connectivity index (χ2n) is 31.5. The number of fused-ring (bicyclic) bond motifs is 14. The van der Waals surface area contributed by atoms with Gasteiger partial charge in [-0.05, 0) is 332 Å². The molecule has 0 N–H and O–H groups in total. The molecular weight excluding hydrogens is 1270 g/mol. The zero-order chi connectivity index (χ0) is 71.0. The maximum atomic E-state index is 15.2. The number of amides is 4. The maximum Gasteiger partial charge on any atom is 0.266 e. The highest BCUT2D eigenvalue weighted by molar-refractivity contribution is 6.46. The van der Waals surface area contributed by atoms with Gasteiger partial charge in [-0.1, -0.05) is 177 Å². The second kappa shape index (κ2) is 20.8. The number of hydrogen-bond acceptors (Lipinski definition) is 4. The van der Waals surface area contributed by atoms with E-state index in [4.69, 9.17) is 0 Å². The van der Waals surface area contributed by atoms with Crippen molar-refractivity contribution in [3.63, 3.8) is 0 Å².